The van der Waals surface area contributed by atoms with E-state index in [0.29, 0.717) is 11.0 Å². The van der Waals surface area contributed by atoms with Crippen molar-refractivity contribution in [2.75, 3.05) is 5.32 Å². The first-order valence-corrected chi connectivity index (χ1v) is 7.88. The van der Waals surface area contributed by atoms with Crippen LogP contribution >= 0.6 is 54.8 Å². The zero-order valence-corrected chi connectivity index (χ0v) is 14.1. The van der Waals surface area contributed by atoms with Crippen LogP contribution in [0.3, 0.4) is 0 Å². The second kappa shape index (κ2) is 5.90. The molecule has 0 aliphatic rings. The molecule has 0 aliphatic heterocycles. The van der Waals surface area contributed by atoms with Gasteiger partial charge in [-0.05, 0) is 62.5 Å². The van der Waals surface area contributed by atoms with Gasteiger partial charge < -0.3 is 5.32 Å². The van der Waals surface area contributed by atoms with Crippen molar-refractivity contribution in [2.24, 2.45) is 0 Å². The van der Waals surface area contributed by atoms with E-state index in [0.717, 1.165) is 24.9 Å². The minimum atomic E-state index is -0.250. The SMILES string of the molecule is Cc1cc(F)c(Br)cc1NCc1cc(Br)c(Cl)s1. The maximum atomic E-state index is 13.3. The van der Waals surface area contributed by atoms with Crippen LogP contribution < -0.4 is 5.32 Å². The van der Waals surface area contributed by atoms with Gasteiger partial charge >= 0.3 is 0 Å². The van der Waals surface area contributed by atoms with Gasteiger partial charge in [0, 0.05) is 21.6 Å². The lowest BCUT2D eigenvalue weighted by molar-refractivity contribution is 0.620. The van der Waals surface area contributed by atoms with E-state index in [1.54, 1.807) is 6.07 Å². The first-order valence-electron chi connectivity index (χ1n) is 5.10. The maximum absolute atomic E-state index is 13.3. The Kier molecular flexibility index (Phi) is 4.69. The maximum Gasteiger partial charge on any atom is 0.137 e. The molecule has 2 rings (SSSR count). The lowest BCUT2D eigenvalue weighted by Crippen LogP contribution is -2.00. The molecule has 0 amide bonds. The van der Waals surface area contributed by atoms with Crippen molar-refractivity contribution in [3.63, 3.8) is 0 Å². The number of anilines is 1. The van der Waals surface area contributed by atoms with Gasteiger partial charge in [0.25, 0.3) is 0 Å². The summed E-state index contributed by atoms with van der Waals surface area (Å²) in [5, 5.41) is 3.27. The van der Waals surface area contributed by atoms with Gasteiger partial charge in [-0.15, -0.1) is 11.3 Å². The minimum Gasteiger partial charge on any atom is -0.380 e. The van der Waals surface area contributed by atoms with Gasteiger partial charge in [-0.25, -0.2) is 4.39 Å². The monoisotopic (exact) mass is 411 g/mol. The van der Waals surface area contributed by atoms with E-state index >= 15 is 0 Å². The Bertz CT molecular complexity index is 566. The lowest BCUT2D eigenvalue weighted by Gasteiger charge is -2.09. The highest BCUT2D eigenvalue weighted by molar-refractivity contribution is 9.10. The molecule has 0 radical (unpaired) electrons. The van der Waals surface area contributed by atoms with E-state index in [1.807, 2.05) is 13.0 Å². The first kappa shape index (κ1) is 14.3. The molecule has 1 aromatic carbocycles. The van der Waals surface area contributed by atoms with Crippen molar-refractivity contribution in [3.8, 4) is 0 Å². The minimum absolute atomic E-state index is 0.250. The van der Waals surface area contributed by atoms with Gasteiger partial charge in [0.15, 0.2) is 0 Å². The third-order valence-electron chi connectivity index (χ3n) is 2.42. The molecule has 0 aliphatic carbocycles. The summed E-state index contributed by atoms with van der Waals surface area (Å²) in [4.78, 5) is 1.12. The molecule has 1 aromatic heterocycles. The molecule has 0 saturated heterocycles. The number of rotatable bonds is 3. The Balaban J connectivity index is 2.13. The van der Waals surface area contributed by atoms with Crippen LogP contribution in [-0.2, 0) is 6.54 Å². The van der Waals surface area contributed by atoms with Crippen LogP contribution in [0.4, 0.5) is 10.1 Å². The highest BCUT2D eigenvalue weighted by Crippen LogP contribution is 2.32. The van der Waals surface area contributed by atoms with Gasteiger partial charge in [0.05, 0.1) is 4.47 Å². The van der Waals surface area contributed by atoms with Crippen molar-refractivity contribution >= 4 is 60.5 Å². The number of aryl methyl sites for hydroxylation is 1. The number of thiophene rings is 1. The predicted molar refractivity (Wildman–Crippen MR) is 83.2 cm³/mol. The Morgan fingerprint density at radius 2 is 2.00 bits per heavy atom. The molecule has 0 fully saturated rings. The summed E-state index contributed by atoms with van der Waals surface area (Å²) in [6, 6.07) is 5.23. The summed E-state index contributed by atoms with van der Waals surface area (Å²) in [5.41, 5.74) is 1.78. The van der Waals surface area contributed by atoms with Crippen molar-refractivity contribution in [1.82, 2.24) is 0 Å². The van der Waals surface area contributed by atoms with Crippen LogP contribution in [0.5, 0.6) is 0 Å². The highest BCUT2D eigenvalue weighted by Gasteiger charge is 2.07. The summed E-state index contributed by atoms with van der Waals surface area (Å²) in [6.45, 7) is 2.53. The molecule has 0 unspecified atom stereocenters. The fraction of sp³-hybridized carbons (Fsp3) is 0.167. The predicted octanol–water partition coefficient (Wildman–Crippen LogP) is 5.99. The van der Waals surface area contributed by atoms with Gasteiger partial charge in [0.2, 0.25) is 0 Å². The van der Waals surface area contributed by atoms with Gasteiger partial charge in [0.1, 0.15) is 10.2 Å². The molecule has 1 heterocycles. The molecule has 0 saturated carbocycles. The average molecular weight is 414 g/mol. The van der Waals surface area contributed by atoms with Crippen molar-refractivity contribution in [3.05, 3.63) is 47.7 Å². The molecule has 1 N–H and O–H groups in total. The lowest BCUT2D eigenvalue weighted by atomic mass is 10.2. The number of hydrogen-bond donors (Lipinski definition) is 1. The van der Waals surface area contributed by atoms with Crippen LogP contribution in [0.25, 0.3) is 0 Å². The van der Waals surface area contributed by atoms with Crippen molar-refractivity contribution in [2.45, 2.75) is 13.5 Å². The molecule has 2 aromatic rings. The smallest absolute Gasteiger partial charge is 0.137 e. The molecule has 0 bridgehead atoms. The fourth-order valence-electron chi connectivity index (χ4n) is 1.50. The fourth-order valence-corrected chi connectivity index (χ4v) is 3.57. The normalized spacial score (nSPS) is 10.7. The second-order valence-electron chi connectivity index (χ2n) is 3.77. The van der Waals surface area contributed by atoms with Gasteiger partial charge in [-0.2, -0.15) is 0 Å². The van der Waals surface area contributed by atoms with E-state index in [9.17, 15) is 4.39 Å². The summed E-state index contributed by atoms with van der Waals surface area (Å²) in [6.07, 6.45) is 0. The third kappa shape index (κ3) is 3.26. The first-order chi connectivity index (χ1) is 8.47. The molecule has 6 heteroatoms. The number of benzene rings is 1. The third-order valence-corrected chi connectivity index (χ3v) is 5.50. The van der Waals surface area contributed by atoms with Gasteiger partial charge in [-0.1, -0.05) is 11.6 Å². The number of halogens is 4. The van der Waals surface area contributed by atoms with Crippen LogP contribution in [0, 0.1) is 12.7 Å². The van der Waals surface area contributed by atoms with Crippen molar-refractivity contribution in [1.29, 1.82) is 0 Å². The largest absolute Gasteiger partial charge is 0.380 e. The van der Waals surface area contributed by atoms with Crippen LogP contribution in [-0.4, -0.2) is 0 Å². The van der Waals surface area contributed by atoms with Crippen LogP contribution in [0.2, 0.25) is 4.34 Å². The second-order valence-corrected chi connectivity index (χ2v) is 7.22. The highest BCUT2D eigenvalue weighted by atomic mass is 79.9. The molecular formula is C12H9Br2ClFNS. The molecule has 1 nitrogen and oxygen atoms in total. The zero-order valence-electron chi connectivity index (χ0n) is 9.36. The molecule has 96 valence electrons. The number of hydrogen-bond acceptors (Lipinski definition) is 2. The zero-order chi connectivity index (χ0) is 13.3. The van der Waals surface area contributed by atoms with Crippen LogP contribution in [0.1, 0.15) is 10.4 Å². The quantitative estimate of drug-likeness (QED) is 0.652. The van der Waals surface area contributed by atoms with Crippen molar-refractivity contribution < 1.29 is 4.39 Å². The summed E-state index contributed by atoms with van der Waals surface area (Å²) in [5.74, 6) is -0.250. The van der Waals surface area contributed by atoms with E-state index in [-0.39, 0.29) is 5.82 Å². The summed E-state index contributed by atoms with van der Waals surface area (Å²) < 4.78 is 15.4. The Labute approximate surface area is 131 Å². The Morgan fingerprint density at radius 3 is 2.61 bits per heavy atom. The Morgan fingerprint density at radius 1 is 1.28 bits per heavy atom. The van der Waals surface area contributed by atoms with E-state index in [2.05, 4.69) is 37.2 Å². The summed E-state index contributed by atoms with van der Waals surface area (Å²) >= 11 is 14.0. The van der Waals surface area contributed by atoms with E-state index in [4.69, 9.17) is 11.6 Å². The molecule has 0 atom stereocenters. The number of nitrogens with one attached hydrogen (secondary N) is 1. The van der Waals surface area contributed by atoms with Crippen LogP contribution in [0.15, 0.2) is 27.1 Å². The molecular weight excluding hydrogens is 404 g/mol. The Hall–Kier alpha value is -0.100. The summed E-state index contributed by atoms with van der Waals surface area (Å²) in [7, 11) is 0. The van der Waals surface area contributed by atoms with E-state index in [1.165, 1.54) is 17.4 Å². The van der Waals surface area contributed by atoms with E-state index < -0.39 is 0 Å². The molecule has 18 heavy (non-hydrogen) atoms. The molecule has 0 spiro atoms. The average Bonchev–Trinajstić information content (AvgIpc) is 2.62. The standard InChI is InChI=1S/C12H9Br2ClFNS/c1-6-2-10(16)8(13)4-11(6)17-5-7-3-9(14)12(15)18-7/h2-4,17H,5H2,1H3. The van der Waals surface area contributed by atoms with Gasteiger partial charge in [-0.3, -0.25) is 0 Å². The topological polar surface area (TPSA) is 12.0 Å².